The second-order valence-electron chi connectivity index (χ2n) is 12.9. The number of phenols is 3. The Hall–Kier alpha value is -2.83. The van der Waals surface area contributed by atoms with Crippen LogP contribution in [0.1, 0.15) is 141 Å². The average molecular weight is 559 g/mol. The van der Waals surface area contributed by atoms with Gasteiger partial charge < -0.3 is 20.4 Å². The Morgan fingerprint density at radius 1 is 0.800 bits per heavy atom. The van der Waals surface area contributed by atoms with E-state index in [0.29, 0.717) is 6.42 Å². The summed E-state index contributed by atoms with van der Waals surface area (Å²) in [4.78, 5) is 39.9. The zero-order chi connectivity index (χ0) is 30.4. The molecule has 0 heterocycles. The molecule has 1 aliphatic rings. The predicted octanol–water partition coefficient (Wildman–Crippen LogP) is 8.05. The number of allylic oxidation sites excluding steroid dienone is 2. The van der Waals surface area contributed by atoms with Gasteiger partial charge in [-0.3, -0.25) is 14.4 Å². The van der Waals surface area contributed by atoms with Crippen molar-refractivity contribution in [2.24, 2.45) is 16.7 Å². The van der Waals surface area contributed by atoms with E-state index in [9.17, 15) is 34.8 Å². The molecule has 0 bridgehead atoms. The van der Waals surface area contributed by atoms with Crippen LogP contribution in [0, 0.1) is 16.7 Å². The lowest BCUT2D eigenvalue weighted by Crippen LogP contribution is -2.49. The molecule has 0 radical (unpaired) electrons. The van der Waals surface area contributed by atoms with Crippen molar-refractivity contribution in [1.29, 1.82) is 0 Å². The van der Waals surface area contributed by atoms with Gasteiger partial charge in [-0.05, 0) is 46.5 Å². The van der Waals surface area contributed by atoms with Crippen LogP contribution in [0.3, 0.4) is 0 Å². The minimum atomic E-state index is -1.43. The number of carbonyl (C=O) groups is 3. The molecule has 0 saturated heterocycles. The molecular weight excluding hydrogens is 508 g/mol. The van der Waals surface area contributed by atoms with Crippen molar-refractivity contribution in [3.05, 3.63) is 28.5 Å². The van der Waals surface area contributed by atoms with Gasteiger partial charge in [0.25, 0.3) is 0 Å². The van der Waals surface area contributed by atoms with Crippen molar-refractivity contribution in [1.82, 2.24) is 0 Å². The van der Waals surface area contributed by atoms with Gasteiger partial charge in [0.05, 0.1) is 10.8 Å². The van der Waals surface area contributed by atoms with Gasteiger partial charge in [0, 0.05) is 29.5 Å². The molecule has 7 heteroatoms. The highest BCUT2D eigenvalue weighted by Crippen LogP contribution is 2.52. The summed E-state index contributed by atoms with van der Waals surface area (Å²) in [7, 11) is 0. The number of aliphatic hydroxyl groups excluding tert-OH is 1. The molecular formula is C33H50O7. The molecule has 0 saturated carbocycles. The van der Waals surface area contributed by atoms with Crippen molar-refractivity contribution >= 4 is 17.3 Å². The van der Waals surface area contributed by atoms with Crippen molar-refractivity contribution in [2.75, 3.05) is 0 Å². The van der Waals surface area contributed by atoms with Crippen LogP contribution in [0.15, 0.2) is 17.4 Å². The Labute approximate surface area is 239 Å². The average Bonchev–Trinajstić information content (AvgIpc) is 2.85. The molecule has 40 heavy (non-hydrogen) atoms. The van der Waals surface area contributed by atoms with Crippen LogP contribution in [-0.2, 0) is 9.59 Å². The number of aromatic hydroxyl groups is 3. The number of Topliss-reactive ketones (excluding diaryl/α,β-unsaturated/α-hetero) is 3. The second-order valence-corrected chi connectivity index (χ2v) is 12.9. The lowest BCUT2D eigenvalue weighted by atomic mass is 9.60. The standard InChI is InChI=1S/C33H50O7/c1-8-9-10-11-12-13-14-15-16-17-22(34)27-24(36)19-23(35)25(28(27)37)21(18-20(2)3)26-29(38)32(4,5)31(40)33(6,7)30(26)39/h19-21,35-38H,8-18H2,1-7H3/t21-/m1/s1. The van der Waals surface area contributed by atoms with Crippen LogP contribution in [0.25, 0.3) is 0 Å². The highest BCUT2D eigenvalue weighted by atomic mass is 16.3. The fourth-order valence-corrected chi connectivity index (χ4v) is 5.94. The summed E-state index contributed by atoms with van der Waals surface area (Å²) in [5.41, 5.74) is -3.25. The predicted molar refractivity (Wildman–Crippen MR) is 157 cm³/mol. The summed E-state index contributed by atoms with van der Waals surface area (Å²) in [5, 5.41) is 44.1. The number of hydrogen-bond acceptors (Lipinski definition) is 7. The topological polar surface area (TPSA) is 132 Å². The minimum Gasteiger partial charge on any atom is -0.511 e. The van der Waals surface area contributed by atoms with Gasteiger partial charge in [0.15, 0.2) is 17.3 Å². The SMILES string of the molecule is CCCCCCCCCCCC(=O)c1c(O)cc(O)c([C@@H](CC(C)C)C2=C(O)C(C)(C)C(=O)C(C)(C)C2=O)c1O. The molecule has 1 aromatic carbocycles. The number of unbranched alkanes of at least 4 members (excludes halogenated alkanes) is 8. The lowest BCUT2D eigenvalue weighted by molar-refractivity contribution is -0.144. The van der Waals surface area contributed by atoms with E-state index in [1.54, 1.807) is 13.8 Å². The lowest BCUT2D eigenvalue weighted by Gasteiger charge is -2.41. The fraction of sp³-hybridized carbons (Fsp3) is 0.667. The van der Waals surface area contributed by atoms with Gasteiger partial charge in [-0.15, -0.1) is 0 Å². The van der Waals surface area contributed by atoms with Crippen LogP contribution in [0.5, 0.6) is 17.2 Å². The summed E-state index contributed by atoms with van der Waals surface area (Å²) in [5.74, 6) is -4.53. The highest BCUT2D eigenvalue weighted by molar-refractivity contribution is 6.19. The highest BCUT2D eigenvalue weighted by Gasteiger charge is 2.55. The minimum absolute atomic E-state index is 0.0457. The molecule has 1 aliphatic carbocycles. The Bertz CT molecular complexity index is 1120. The van der Waals surface area contributed by atoms with Crippen LogP contribution in [0.4, 0.5) is 0 Å². The third-order valence-corrected chi connectivity index (χ3v) is 8.28. The Kier molecular flexibility index (Phi) is 11.4. The van der Waals surface area contributed by atoms with Crippen LogP contribution < -0.4 is 0 Å². The first-order valence-electron chi connectivity index (χ1n) is 14.9. The molecule has 0 unspecified atom stereocenters. The van der Waals surface area contributed by atoms with Gasteiger partial charge in [0.2, 0.25) is 0 Å². The van der Waals surface area contributed by atoms with E-state index in [-0.39, 0.29) is 35.5 Å². The molecule has 0 fully saturated rings. The third-order valence-electron chi connectivity index (χ3n) is 8.28. The van der Waals surface area contributed by atoms with Crippen LogP contribution >= 0.6 is 0 Å². The summed E-state index contributed by atoms with van der Waals surface area (Å²) in [6.45, 7) is 12.1. The van der Waals surface area contributed by atoms with Crippen LogP contribution in [0.2, 0.25) is 0 Å². The van der Waals surface area contributed by atoms with E-state index in [1.807, 2.05) is 13.8 Å². The maximum Gasteiger partial charge on any atom is 0.175 e. The molecule has 1 atom stereocenters. The molecule has 0 spiro atoms. The van der Waals surface area contributed by atoms with Crippen molar-refractivity contribution in [3.63, 3.8) is 0 Å². The second kappa shape index (κ2) is 13.7. The Balaban J connectivity index is 2.41. The number of ketones is 3. The number of carbonyl (C=O) groups excluding carboxylic acids is 3. The zero-order valence-electron chi connectivity index (χ0n) is 25.5. The van der Waals surface area contributed by atoms with E-state index in [4.69, 9.17) is 0 Å². The van der Waals surface area contributed by atoms with Crippen molar-refractivity contribution in [2.45, 2.75) is 125 Å². The first kappa shape index (κ1) is 33.4. The largest absolute Gasteiger partial charge is 0.511 e. The number of phenolic OH excluding ortho intramolecular Hbond substituents is 3. The molecule has 0 aliphatic heterocycles. The first-order valence-corrected chi connectivity index (χ1v) is 14.9. The monoisotopic (exact) mass is 558 g/mol. The van der Waals surface area contributed by atoms with E-state index in [2.05, 4.69) is 6.92 Å². The summed E-state index contributed by atoms with van der Waals surface area (Å²) in [6.07, 6.45) is 10.1. The number of hydrogen-bond donors (Lipinski definition) is 4. The van der Waals surface area contributed by atoms with Gasteiger partial charge in [-0.1, -0.05) is 72.1 Å². The number of rotatable bonds is 15. The van der Waals surface area contributed by atoms with Gasteiger partial charge >= 0.3 is 0 Å². The van der Waals surface area contributed by atoms with E-state index in [0.717, 1.165) is 25.3 Å². The van der Waals surface area contributed by atoms with E-state index in [1.165, 1.54) is 46.0 Å². The summed E-state index contributed by atoms with van der Waals surface area (Å²) >= 11 is 0. The molecule has 1 aromatic rings. The third kappa shape index (κ3) is 7.08. The molecule has 4 N–H and O–H groups in total. The Morgan fingerprint density at radius 2 is 1.32 bits per heavy atom. The smallest absolute Gasteiger partial charge is 0.175 e. The molecule has 224 valence electrons. The Morgan fingerprint density at radius 3 is 1.85 bits per heavy atom. The molecule has 0 aromatic heterocycles. The van der Waals surface area contributed by atoms with Crippen molar-refractivity contribution in [3.8, 4) is 17.2 Å². The van der Waals surface area contributed by atoms with Gasteiger partial charge in [0.1, 0.15) is 28.6 Å². The molecule has 2 rings (SSSR count). The van der Waals surface area contributed by atoms with Gasteiger partial charge in [-0.25, -0.2) is 0 Å². The molecule has 0 amide bonds. The van der Waals surface area contributed by atoms with Gasteiger partial charge in [-0.2, -0.15) is 0 Å². The maximum absolute atomic E-state index is 13.6. The number of aliphatic hydroxyl groups is 1. The van der Waals surface area contributed by atoms with Crippen molar-refractivity contribution < 1.29 is 34.8 Å². The van der Waals surface area contributed by atoms with Crippen LogP contribution in [-0.4, -0.2) is 37.8 Å². The fourth-order valence-electron chi connectivity index (χ4n) is 5.94. The molecule has 7 nitrogen and oxygen atoms in total. The van der Waals surface area contributed by atoms with E-state index < -0.39 is 57.1 Å². The quantitative estimate of drug-likeness (QED) is 0.0972. The number of benzene rings is 1. The summed E-state index contributed by atoms with van der Waals surface area (Å²) < 4.78 is 0. The van der Waals surface area contributed by atoms with E-state index >= 15 is 0 Å². The normalized spacial score (nSPS) is 17.5. The summed E-state index contributed by atoms with van der Waals surface area (Å²) in [6, 6.07) is 1.01. The first-order chi connectivity index (χ1) is 18.6. The maximum atomic E-state index is 13.6. The zero-order valence-corrected chi connectivity index (χ0v) is 25.5.